The number of piperazine rings is 1. The fraction of sp³-hybridized carbons (Fsp3) is 0.560. The van der Waals surface area contributed by atoms with Crippen molar-refractivity contribution in [3.8, 4) is 0 Å². The number of aliphatic hydroxyl groups is 1. The summed E-state index contributed by atoms with van der Waals surface area (Å²) in [5, 5.41) is 14.5. The Kier molecular flexibility index (Phi) is 6.93. The molecule has 0 unspecified atom stereocenters. The Hall–Kier alpha value is -2.22. The molecule has 8 heteroatoms. The van der Waals surface area contributed by atoms with Gasteiger partial charge in [0.2, 0.25) is 5.91 Å². The van der Waals surface area contributed by atoms with Crippen molar-refractivity contribution in [2.24, 2.45) is 0 Å². The molecule has 1 amide bonds. The highest BCUT2D eigenvalue weighted by atomic mass is 35.5. The van der Waals surface area contributed by atoms with Crippen LogP contribution in [0.1, 0.15) is 68.9 Å². The highest BCUT2D eigenvalue weighted by Crippen LogP contribution is 2.42. The second-order valence-corrected chi connectivity index (χ2v) is 10.6. The highest BCUT2D eigenvalue weighted by Gasteiger charge is 2.35. The van der Waals surface area contributed by atoms with Gasteiger partial charge in [0, 0.05) is 48.8 Å². The summed E-state index contributed by atoms with van der Waals surface area (Å²) in [6.45, 7) is 11.7. The van der Waals surface area contributed by atoms with E-state index in [9.17, 15) is 9.90 Å². The number of carbonyl (C=O) groups excluding carboxylic acids is 1. The summed E-state index contributed by atoms with van der Waals surface area (Å²) in [5.74, 6) is 0.986. The first-order valence-electron chi connectivity index (χ1n) is 11.7. The van der Waals surface area contributed by atoms with Crippen LogP contribution in [-0.2, 0) is 4.79 Å². The lowest BCUT2D eigenvalue weighted by atomic mass is 9.95. The van der Waals surface area contributed by atoms with Crippen LogP contribution < -0.4 is 10.2 Å². The van der Waals surface area contributed by atoms with Gasteiger partial charge in [0.15, 0.2) is 0 Å². The third-order valence-corrected chi connectivity index (χ3v) is 6.83. The highest BCUT2D eigenvalue weighted by molar-refractivity contribution is 6.30. The van der Waals surface area contributed by atoms with Gasteiger partial charge in [-0.2, -0.15) is 0 Å². The molecule has 1 aliphatic carbocycles. The number of nitrogens with one attached hydrogen (secondary N) is 1. The van der Waals surface area contributed by atoms with Crippen molar-refractivity contribution in [1.29, 1.82) is 0 Å². The first-order chi connectivity index (χ1) is 15.6. The van der Waals surface area contributed by atoms with Gasteiger partial charge in [-0.05, 0) is 50.8 Å². The smallest absolute Gasteiger partial charge is 0.231 e. The van der Waals surface area contributed by atoms with E-state index >= 15 is 0 Å². The molecule has 1 aromatic carbocycles. The van der Waals surface area contributed by atoms with Crippen LogP contribution in [0.25, 0.3) is 0 Å². The summed E-state index contributed by atoms with van der Waals surface area (Å²) in [7, 11) is 0. The van der Waals surface area contributed by atoms with Gasteiger partial charge in [-0.15, -0.1) is 0 Å². The van der Waals surface area contributed by atoms with Gasteiger partial charge in [0.1, 0.15) is 12.1 Å². The van der Waals surface area contributed by atoms with E-state index in [0.29, 0.717) is 44.2 Å². The molecule has 0 radical (unpaired) electrons. The number of benzene rings is 1. The Labute approximate surface area is 201 Å². The van der Waals surface area contributed by atoms with Gasteiger partial charge in [0.05, 0.1) is 17.7 Å². The number of hydrogen-bond donors (Lipinski definition) is 2. The molecule has 2 heterocycles. The number of nitrogens with zero attached hydrogens (tertiary/aromatic N) is 4. The van der Waals surface area contributed by atoms with Gasteiger partial charge in [0.25, 0.3) is 0 Å². The first kappa shape index (κ1) is 23.9. The first-order valence-corrected chi connectivity index (χ1v) is 12.1. The second kappa shape index (κ2) is 9.57. The summed E-state index contributed by atoms with van der Waals surface area (Å²) in [6.07, 6.45) is 1.71. The molecule has 2 aliphatic rings. The number of anilines is 1. The fourth-order valence-electron chi connectivity index (χ4n) is 4.76. The predicted octanol–water partition coefficient (Wildman–Crippen LogP) is 3.49. The van der Waals surface area contributed by atoms with Crippen LogP contribution in [0.5, 0.6) is 0 Å². The molecule has 1 saturated heterocycles. The number of hydrogen-bond acceptors (Lipinski definition) is 6. The molecule has 7 nitrogen and oxygen atoms in total. The number of amides is 1. The van der Waals surface area contributed by atoms with E-state index in [1.165, 1.54) is 0 Å². The van der Waals surface area contributed by atoms with E-state index in [1.54, 1.807) is 6.33 Å². The largest absolute Gasteiger partial charge is 0.387 e. The zero-order chi connectivity index (χ0) is 23.8. The van der Waals surface area contributed by atoms with E-state index in [4.69, 9.17) is 11.6 Å². The van der Waals surface area contributed by atoms with Gasteiger partial charge < -0.3 is 20.2 Å². The Morgan fingerprint density at radius 3 is 2.48 bits per heavy atom. The van der Waals surface area contributed by atoms with Crippen molar-refractivity contribution >= 4 is 23.3 Å². The summed E-state index contributed by atoms with van der Waals surface area (Å²) >= 11 is 6.09. The van der Waals surface area contributed by atoms with Crippen LogP contribution in [0.2, 0.25) is 5.02 Å². The standard InChI is InChI=1S/C25H34ClN5O2/c1-16-13-20(32)22-21(16)23(28-15-27-22)30-9-11-31(12-10-30)24(33)19(14-29-25(2,3)4)17-5-7-18(26)8-6-17/h5-8,15-16,19-20,29,32H,9-14H2,1-4H3/t16-,19-,20-/m1/s1. The summed E-state index contributed by atoms with van der Waals surface area (Å²) in [4.78, 5) is 26.7. The molecule has 4 rings (SSSR count). The predicted molar refractivity (Wildman–Crippen MR) is 131 cm³/mol. The molecule has 3 atom stereocenters. The number of aliphatic hydroxyl groups excluding tert-OH is 1. The lowest BCUT2D eigenvalue weighted by molar-refractivity contribution is -0.133. The van der Waals surface area contributed by atoms with Crippen molar-refractivity contribution in [3.63, 3.8) is 0 Å². The number of aromatic nitrogens is 2. The summed E-state index contributed by atoms with van der Waals surface area (Å²) < 4.78 is 0. The molecule has 0 saturated carbocycles. The SMILES string of the molecule is C[C@@H]1C[C@@H](O)c2ncnc(N3CCN(C(=O)[C@H](CNC(C)(C)C)c4ccc(Cl)cc4)CC3)c21. The molecule has 2 N–H and O–H groups in total. The third kappa shape index (κ3) is 5.31. The van der Waals surface area contributed by atoms with Crippen LogP contribution in [0.4, 0.5) is 5.82 Å². The third-order valence-electron chi connectivity index (χ3n) is 6.58. The quantitative estimate of drug-likeness (QED) is 0.694. The lowest BCUT2D eigenvalue weighted by Gasteiger charge is -2.38. The van der Waals surface area contributed by atoms with Crippen LogP contribution in [0.3, 0.4) is 0 Å². The van der Waals surface area contributed by atoms with Crippen molar-refractivity contribution in [2.75, 3.05) is 37.6 Å². The maximum absolute atomic E-state index is 13.6. The maximum atomic E-state index is 13.6. The monoisotopic (exact) mass is 471 g/mol. The van der Waals surface area contributed by atoms with Gasteiger partial charge in [-0.3, -0.25) is 4.79 Å². The van der Waals surface area contributed by atoms with Gasteiger partial charge >= 0.3 is 0 Å². The van der Waals surface area contributed by atoms with Gasteiger partial charge in [-0.1, -0.05) is 30.7 Å². The van der Waals surface area contributed by atoms with Crippen LogP contribution in [0, 0.1) is 0 Å². The molecular weight excluding hydrogens is 438 g/mol. The topological polar surface area (TPSA) is 81.6 Å². The minimum atomic E-state index is -0.518. The molecular formula is C25H34ClN5O2. The Morgan fingerprint density at radius 1 is 1.18 bits per heavy atom. The van der Waals surface area contributed by atoms with Crippen LogP contribution in [0.15, 0.2) is 30.6 Å². The van der Waals surface area contributed by atoms with Crippen molar-refractivity contribution in [2.45, 2.75) is 57.6 Å². The zero-order valence-corrected chi connectivity index (χ0v) is 20.6. The van der Waals surface area contributed by atoms with Crippen molar-refractivity contribution in [1.82, 2.24) is 20.2 Å². The van der Waals surface area contributed by atoms with Crippen LogP contribution in [-0.4, -0.2) is 64.1 Å². The average molecular weight is 472 g/mol. The number of carbonyl (C=O) groups is 1. The molecule has 0 spiro atoms. The Morgan fingerprint density at radius 2 is 1.85 bits per heavy atom. The minimum absolute atomic E-state index is 0.0850. The van der Waals surface area contributed by atoms with E-state index in [2.05, 4.69) is 47.9 Å². The molecule has 178 valence electrons. The van der Waals surface area contributed by atoms with E-state index in [1.807, 2.05) is 29.2 Å². The second-order valence-electron chi connectivity index (χ2n) is 10.2. The van der Waals surface area contributed by atoms with Gasteiger partial charge in [-0.25, -0.2) is 9.97 Å². The summed E-state index contributed by atoms with van der Waals surface area (Å²) in [5.41, 5.74) is 2.69. The average Bonchev–Trinajstić information content (AvgIpc) is 3.08. The van der Waals surface area contributed by atoms with E-state index in [0.717, 1.165) is 22.6 Å². The molecule has 1 aliphatic heterocycles. The minimum Gasteiger partial charge on any atom is -0.387 e. The maximum Gasteiger partial charge on any atom is 0.231 e. The van der Waals surface area contributed by atoms with E-state index < -0.39 is 6.10 Å². The normalized spacial score (nSPS) is 21.8. The molecule has 0 bridgehead atoms. The number of fused-ring (bicyclic) bond motifs is 1. The van der Waals surface area contributed by atoms with Crippen molar-refractivity contribution < 1.29 is 9.90 Å². The summed E-state index contributed by atoms with van der Waals surface area (Å²) in [6, 6.07) is 7.58. The zero-order valence-electron chi connectivity index (χ0n) is 19.9. The van der Waals surface area contributed by atoms with E-state index in [-0.39, 0.29) is 23.3 Å². The van der Waals surface area contributed by atoms with Crippen molar-refractivity contribution in [3.05, 3.63) is 52.4 Å². The number of rotatable bonds is 5. The molecule has 1 aromatic heterocycles. The number of halogens is 1. The fourth-order valence-corrected chi connectivity index (χ4v) is 4.89. The Balaban J connectivity index is 1.48. The molecule has 1 fully saturated rings. The Bertz CT molecular complexity index is 983. The molecule has 33 heavy (non-hydrogen) atoms. The van der Waals surface area contributed by atoms with Crippen LogP contribution >= 0.6 is 11.6 Å². The molecule has 2 aromatic rings. The lowest BCUT2D eigenvalue weighted by Crippen LogP contribution is -2.52.